The standard InChI is InChI=1S/C24H20FN3O6S/c25-14-1-7-18-19(13-23(29)27-20(18)11-14)24(30)26-15-2-4-16(5-3-15)28-35(31,32)17-6-8-21-22(12-17)34-10-9-33-21/h1-8,11-12,19,28H,9-10,13H2,(H,26,30)(H,27,29)/t19-/m0/s1. The van der Waals surface area contributed by atoms with Crippen LogP contribution in [0.2, 0.25) is 0 Å². The monoisotopic (exact) mass is 497 g/mol. The summed E-state index contributed by atoms with van der Waals surface area (Å²) in [7, 11) is -3.89. The fraction of sp³-hybridized carbons (Fsp3) is 0.167. The molecule has 11 heteroatoms. The van der Waals surface area contributed by atoms with Crippen molar-refractivity contribution in [3.63, 3.8) is 0 Å². The Bertz CT molecular complexity index is 1430. The van der Waals surface area contributed by atoms with E-state index >= 15 is 0 Å². The molecule has 1 atom stereocenters. The van der Waals surface area contributed by atoms with Crippen LogP contribution in [0.15, 0.2) is 65.6 Å². The normalized spacial score (nSPS) is 16.6. The summed E-state index contributed by atoms with van der Waals surface area (Å²) in [6.07, 6.45) is -0.0715. The number of hydrogen-bond acceptors (Lipinski definition) is 6. The molecular weight excluding hydrogens is 477 g/mol. The molecule has 3 aromatic rings. The average Bonchev–Trinajstić information content (AvgIpc) is 2.84. The topological polar surface area (TPSA) is 123 Å². The Morgan fingerprint density at radius 2 is 1.66 bits per heavy atom. The van der Waals surface area contributed by atoms with E-state index in [1.54, 1.807) is 6.07 Å². The van der Waals surface area contributed by atoms with Crippen LogP contribution in [0.1, 0.15) is 17.9 Å². The van der Waals surface area contributed by atoms with Crippen LogP contribution < -0.4 is 24.8 Å². The highest BCUT2D eigenvalue weighted by atomic mass is 32.2. The van der Waals surface area contributed by atoms with Gasteiger partial charge < -0.3 is 20.1 Å². The Morgan fingerprint density at radius 1 is 0.943 bits per heavy atom. The first-order valence-corrected chi connectivity index (χ1v) is 12.2. The predicted octanol–water partition coefficient (Wildman–Crippen LogP) is 3.46. The summed E-state index contributed by atoms with van der Waals surface area (Å²) in [5.41, 5.74) is 1.49. The highest BCUT2D eigenvalue weighted by molar-refractivity contribution is 7.92. The number of nitrogens with one attached hydrogen (secondary N) is 3. The molecule has 0 radical (unpaired) electrons. The molecule has 0 aromatic heterocycles. The van der Waals surface area contributed by atoms with Gasteiger partial charge in [0.05, 0.1) is 10.8 Å². The molecule has 0 fully saturated rings. The molecule has 3 N–H and O–H groups in total. The van der Waals surface area contributed by atoms with E-state index in [1.165, 1.54) is 54.6 Å². The van der Waals surface area contributed by atoms with E-state index in [0.29, 0.717) is 36.0 Å². The number of sulfonamides is 1. The van der Waals surface area contributed by atoms with Crippen LogP contribution in [0, 0.1) is 5.82 Å². The van der Waals surface area contributed by atoms with Gasteiger partial charge in [-0.3, -0.25) is 14.3 Å². The Balaban J connectivity index is 1.28. The van der Waals surface area contributed by atoms with Gasteiger partial charge in [-0.1, -0.05) is 6.07 Å². The van der Waals surface area contributed by atoms with Gasteiger partial charge in [0.15, 0.2) is 11.5 Å². The van der Waals surface area contributed by atoms with Crippen LogP contribution >= 0.6 is 0 Å². The SMILES string of the molecule is O=C1C[C@H](C(=O)Nc2ccc(NS(=O)(=O)c3ccc4c(c3)OCCO4)cc2)c2ccc(F)cc2N1. The lowest BCUT2D eigenvalue weighted by molar-refractivity contribution is -0.123. The smallest absolute Gasteiger partial charge is 0.262 e. The van der Waals surface area contributed by atoms with E-state index in [0.717, 1.165) is 0 Å². The molecular formula is C24H20FN3O6S. The maximum Gasteiger partial charge on any atom is 0.262 e. The molecule has 180 valence electrons. The number of rotatable bonds is 5. The van der Waals surface area contributed by atoms with Gasteiger partial charge in [-0.15, -0.1) is 0 Å². The highest BCUT2D eigenvalue weighted by Crippen LogP contribution is 2.34. The summed E-state index contributed by atoms with van der Waals surface area (Å²) in [6.45, 7) is 0.740. The minimum Gasteiger partial charge on any atom is -0.486 e. The predicted molar refractivity (Wildman–Crippen MR) is 126 cm³/mol. The van der Waals surface area contributed by atoms with Crippen molar-refractivity contribution in [1.29, 1.82) is 0 Å². The van der Waals surface area contributed by atoms with Crippen LogP contribution in [0.25, 0.3) is 0 Å². The zero-order valence-corrected chi connectivity index (χ0v) is 19.0. The first kappa shape index (κ1) is 22.7. The first-order valence-electron chi connectivity index (χ1n) is 10.7. The molecule has 3 aromatic carbocycles. The van der Waals surface area contributed by atoms with Crippen LogP contribution in [0.4, 0.5) is 21.5 Å². The van der Waals surface area contributed by atoms with Gasteiger partial charge in [-0.2, -0.15) is 0 Å². The second-order valence-electron chi connectivity index (χ2n) is 8.01. The summed E-state index contributed by atoms with van der Waals surface area (Å²) < 4.78 is 52.4. The Morgan fingerprint density at radius 3 is 2.43 bits per heavy atom. The van der Waals surface area contributed by atoms with Crippen molar-refractivity contribution >= 4 is 38.9 Å². The number of halogens is 1. The number of ether oxygens (including phenoxy) is 2. The van der Waals surface area contributed by atoms with Gasteiger partial charge in [-0.25, -0.2) is 12.8 Å². The molecule has 5 rings (SSSR count). The summed E-state index contributed by atoms with van der Waals surface area (Å²) in [4.78, 5) is 24.9. The third kappa shape index (κ3) is 4.76. The van der Waals surface area contributed by atoms with Crippen molar-refractivity contribution in [2.24, 2.45) is 0 Å². The third-order valence-electron chi connectivity index (χ3n) is 5.60. The Kier molecular flexibility index (Phi) is 5.77. The van der Waals surface area contributed by atoms with Gasteiger partial charge in [-0.05, 0) is 54.1 Å². The van der Waals surface area contributed by atoms with Gasteiger partial charge in [0, 0.05) is 29.5 Å². The fourth-order valence-electron chi connectivity index (χ4n) is 3.93. The van der Waals surface area contributed by atoms with Crippen molar-refractivity contribution in [1.82, 2.24) is 0 Å². The number of hydrogen-bond donors (Lipinski definition) is 3. The fourth-order valence-corrected chi connectivity index (χ4v) is 5.00. The molecule has 2 aliphatic rings. The molecule has 0 bridgehead atoms. The Labute approximate surface area is 200 Å². The molecule has 2 aliphatic heterocycles. The molecule has 9 nitrogen and oxygen atoms in total. The second-order valence-corrected chi connectivity index (χ2v) is 9.70. The van der Waals surface area contributed by atoms with Crippen LogP contribution in [-0.4, -0.2) is 33.4 Å². The molecule has 2 heterocycles. The van der Waals surface area contributed by atoms with Crippen molar-refractivity contribution < 1.29 is 31.9 Å². The van der Waals surface area contributed by atoms with Gasteiger partial charge >= 0.3 is 0 Å². The number of carbonyl (C=O) groups is 2. The zero-order valence-electron chi connectivity index (χ0n) is 18.2. The van der Waals surface area contributed by atoms with Gasteiger partial charge in [0.1, 0.15) is 19.0 Å². The lowest BCUT2D eigenvalue weighted by Crippen LogP contribution is -2.30. The first-order chi connectivity index (χ1) is 16.8. The quantitative estimate of drug-likeness (QED) is 0.496. The maximum absolute atomic E-state index is 13.5. The molecule has 0 aliphatic carbocycles. The van der Waals surface area contributed by atoms with Crippen molar-refractivity contribution in [2.45, 2.75) is 17.2 Å². The van der Waals surface area contributed by atoms with E-state index in [4.69, 9.17) is 9.47 Å². The number of benzene rings is 3. The minimum absolute atomic E-state index is 0.0183. The van der Waals surface area contributed by atoms with Crippen LogP contribution in [0.3, 0.4) is 0 Å². The second kappa shape index (κ2) is 8.91. The van der Waals surface area contributed by atoms with Crippen molar-refractivity contribution in [2.75, 3.05) is 28.6 Å². The molecule has 35 heavy (non-hydrogen) atoms. The van der Waals surface area contributed by atoms with Crippen LogP contribution in [0.5, 0.6) is 11.5 Å². The highest BCUT2D eigenvalue weighted by Gasteiger charge is 2.31. The lowest BCUT2D eigenvalue weighted by atomic mass is 9.89. The third-order valence-corrected chi connectivity index (χ3v) is 6.98. The van der Waals surface area contributed by atoms with Gasteiger partial charge in [0.25, 0.3) is 10.0 Å². The summed E-state index contributed by atoms with van der Waals surface area (Å²) in [6, 6.07) is 14.3. The number of fused-ring (bicyclic) bond motifs is 2. The minimum atomic E-state index is -3.89. The molecule has 0 saturated heterocycles. The zero-order chi connectivity index (χ0) is 24.6. The number of amides is 2. The maximum atomic E-state index is 13.5. The average molecular weight is 498 g/mol. The van der Waals surface area contributed by atoms with E-state index in [9.17, 15) is 22.4 Å². The van der Waals surface area contributed by atoms with Crippen molar-refractivity contribution in [3.8, 4) is 11.5 Å². The Hall–Kier alpha value is -4.12. The number of carbonyl (C=O) groups excluding carboxylic acids is 2. The largest absolute Gasteiger partial charge is 0.486 e. The summed E-state index contributed by atoms with van der Waals surface area (Å²) >= 11 is 0. The van der Waals surface area contributed by atoms with E-state index in [2.05, 4.69) is 15.4 Å². The van der Waals surface area contributed by atoms with Gasteiger partial charge in [0.2, 0.25) is 11.8 Å². The molecule has 0 spiro atoms. The summed E-state index contributed by atoms with van der Waals surface area (Å²) in [5.74, 6) is -1.27. The molecule has 2 amide bonds. The van der Waals surface area contributed by atoms with Crippen LogP contribution in [-0.2, 0) is 19.6 Å². The van der Waals surface area contributed by atoms with E-state index < -0.39 is 27.7 Å². The lowest BCUT2D eigenvalue weighted by Gasteiger charge is -2.25. The molecule has 0 saturated carbocycles. The van der Waals surface area contributed by atoms with E-state index in [-0.39, 0.29) is 28.6 Å². The van der Waals surface area contributed by atoms with Crippen molar-refractivity contribution in [3.05, 3.63) is 72.0 Å². The number of anilines is 3. The summed E-state index contributed by atoms with van der Waals surface area (Å²) in [5, 5.41) is 5.29. The molecule has 0 unspecified atom stereocenters. The van der Waals surface area contributed by atoms with E-state index in [1.807, 2.05) is 0 Å².